The van der Waals surface area contributed by atoms with Crippen LogP contribution in [0.1, 0.15) is 107 Å². The molecule has 0 aromatic carbocycles. The zero-order valence-corrected chi connectivity index (χ0v) is 38.5. The third-order valence-corrected chi connectivity index (χ3v) is 14.9. The van der Waals surface area contributed by atoms with Gasteiger partial charge in [0.1, 0.15) is 42.0 Å². The predicted molar refractivity (Wildman–Crippen MR) is 227 cm³/mol. The van der Waals surface area contributed by atoms with E-state index in [-0.39, 0.29) is 30.8 Å². The second kappa shape index (κ2) is 19.8. The smallest absolute Gasteiger partial charge is 0.316 e. The van der Waals surface area contributed by atoms with Gasteiger partial charge in [-0.1, -0.05) is 64.5 Å². The van der Waals surface area contributed by atoms with Crippen molar-refractivity contribution in [3.8, 4) is 0 Å². The number of carbonyl (C=O) groups excluding carboxylic acids is 1. The van der Waals surface area contributed by atoms with Gasteiger partial charge in [-0.2, -0.15) is 0 Å². The summed E-state index contributed by atoms with van der Waals surface area (Å²) in [7, 11) is 3.23. The number of esters is 1. The van der Waals surface area contributed by atoms with Gasteiger partial charge in [0, 0.05) is 52.2 Å². The van der Waals surface area contributed by atoms with Crippen LogP contribution in [0.4, 0.5) is 0 Å². The quantitative estimate of drug-likeness (QED) is 0.204. The van der Waals surface area contributed by atoms with Gasteiger partial charge in [0.05, 0.1) is 49.3 Å². The molecule has 350 valence electrons. The van der Waals surface area contributed by atoms with E-state index in [1.54, 1.807) is 40.2 Å². The lowest BCUT2D eigenvalue weighted by Gasteiger charge is -2.51. The Balaban J connectivity index is 1.18. The topological polar surface area (TPSA) is 170 Å². The van der Waals surface area contributed by atoms with Crippen molar-refractivity contribution in [2.24, 2.45) is 23.7 Å². The van der Waals surface area contributed by atoms with Gasteiger partial charge in [-0.25, -0.2) is 0 Å². The highest BCUT2D eigenvalue weighted by atomic mass is 16.7. The lowest BCUT2D eigenvalue weighted by atomic mass is 9.71. The van der Waals surface area contributed by atoms with Crippen molar-refractivity contribution >= 4 is 5.97 Å². The largest absolute Gasteiger partial charge is 0.462 e. The molecule has 6 heterocycles. The van der Waals surface area contributed by atoms with Crippen molar-refractivity contribution < 1.29 is 67.5 Å². The maximum Gasteiger partial charge on any atom is 0.316 e. The normalized spacial score (nSPS) is 49.4. The monoisotopic (exact) mass is 875 g/mol. The zero-order chi connectivity index (χ0) is 44.7. The van der Waals surface area contributed by atoms with E-state index in [1.165, 1.54) is 0 Å². The minimum atomic E-state index is -1.82. The van der Waals surface area contributed by atoms with Crippen molar-refractivity contribution in [1.82, 2.24) is 0 Å². The Morgan fingerprint density at radius 2 is 1.63 bits per heavy atom. The van der Waals surface area contributed by atoms with E-state index in [9.17, 15) is 20.1 Å². The van der Waals surface area contributed by atoms with Gasteiger partial charge >= 0.3 is 5.97 Å². The van der Waals surface area contributed by atoms with Crippen molar-refractivity contribution in [2.45, 2.75) is 204 Å². The molecule has 1 spiro atoms. The summed E-state index contributed by atoms with van der Waals surface area (Å²) in [6.45, 7) is 16.3. The summed E-state index contributed by atoms with van der Waals surface area (Å²) < 4.78 is 63.9. The number of fused-ring (bicyclic) bond motifs is 2. The first-order valence-electron chi connectivity index (χ1n) is 23.2. The van der Waals surface area contributed by atoms with Crippen LogP contribution in [0.25, 0.3) is 0 Å². The molecule has 2 bridgehead atoms. The van der Waals surface area contributed by atoms with Crippen molar-refractivity contribution in [2.75, 3.05) is 20.8 Å². The van der Waals surface area contributed by atoms with E-state index in [0.717, 1.165) is 18.4 Å². The number of hydrogen-bond acceptors (Lipinski definition) is 14. The highest BCUT2D eigenvalue weighted by molar-refractivity contribution is 5.78. The minimum Gasteiger partial charge on any atom is -0.462 e. The average molecular weight is 875 g/mol. The number of aliphatic hydroxyl groups excluding tert-OH is 2. The summed E-state index contributed by atoms with van der Waals surface area (Å²) in [4.78, 5) is 14.4. The Morgan fingerprint density at radius 1 is 0.919 bits per heavy atom. The Hall–Kier alpha value is -2.05. The number of methoxy groups -OCH3 is 2. The molecule has 0 amide bonds. The second-order valence-electron chi connectivity index (χ2n) is 19.4. The van der Waals surface area contributed by atoms with Crippen LogP contribution >= 0.6 is 0 Å². The Bertz CT molecular complexity index is 1680. The lowest BCUT2D eigenvalue weighted by Crippen LogP contribution is -2.58. The van der Waals surface area contributed by atoms with Gasteiger partial charge < -0.3 is 62.7 Å². The Labute approximate surface area is 368 Å². The molecule has 3 N–H and O–H groups in total. The number of allylic oxidation sites excluding steroid dienone is 2. The Morgan fingerprint density at radius 3 is 2.35 bits per heavy atom. The summed E-state index contributed by atoms with van der Waals surface area (Å²) in [5.41, 5.74) is 0.188. The third-order valence-electron chi connectivity index (χ3n) is 14.9. The number of ether oxygens (including phenoxy) is 10. The molecule has 0 aromatic rings. The molecule has 0 saturated carbocycles. The molecule has 1 aliphatic carbocycles. The molecular weight excluding hydrogens is 801 g/mol. The van der Waals surface area contributed by atoms with Crippen molar-refractivity contribution in [1.29, 1.82) is 0 Å². The summed E-state index contributed by atoms with van der Waals surface area (Å²) in [6, 6.07) is 0. The van der Waals surface area contributed by atoms with E-state index in [4.69, 9.17) is 47.4 Å². The van der Waals surface area contributed by atoms with Crippen LogP contribution in [0.3, 0.4) is 0 Å². The summed E-state index contributed by atoms with van der Waals surface area (Å²) in [5, 5.41) is 34.2. The fourth-order valence-electron chi connectivity index (χ4n) is 11.0. The van der Waals surface area contributed by atoms with Crippen molar-refractivity contribution in [3.63, 3.8) is 0 Å². The fraction of sp³-hybridized carbons (Fsp3) is 0.812. The van der Waals surface area contributed by atoms with E-state index in [2.05, 4.69) is 40.7 Å². The van der Waals surface area contributed by atoms with E-state index in [0.29, 0.717) is 61.5 Å². The fourth-order valence-corrected chi connectivity index (χ4v) is 11.0. The summed E-state index contributed by atoms with van der Waals surface area (Å²) in [5.74, 6) is -2.10. The zero-order valence-electron chi connectivity index (χ0n) is 38.5. The molecule has 5 fully saturated rings. The van der Waals surface area contributed by atoms with Crippen LogP contribution in [0.15, 0.2) is 47.1 Å². The first-order chi connectivity index (χ1) is 29.5. The number of rotatable bonds is 8. The maximum atomic E-state index is 14.4. The molecule has 7 aliphatic rings. The van der Waals surface area contributed by atoms with Crippen LogP contribution in [-0.4, -0.2) is 139 Å². The molecular formula is C48H74O14. The lowest BCUT2D eigenvalue weighted by molar-refractivity contribution is -0.340. The number of aliphatic hydroxyl groups is 3. The van der Waals surface area contributed by atoms with Gasteiger partial charge in [-0.3, -0.25) is 4.79 Å². The van der Waals surface area contributed by atoms with Crippen LogP contribution in [0.5, 0.6) is 0 Å². The standard InChI is InChI=1S/C48H74O14/c1-11-25(2)43-28(5)17-18-47(62-43)23-34-20-33(61-47)16-15-27(4)42(26(3)13-12-14-32-24-55-45-40(49)29(6)19-35(46(51)58-34)48(32,45)52)59-39-22-37(54-10)44(31(8)57-39)60-38-21-36(53-9)41(50)30(7)56-38/h12-15,19,25-26,28,30-31,33-45,49-50,52H,11,16-18,20-24H2,1-10H3/b13-12+,27-15+,32-14+/t25-,26-,28-,30-,31-,33+,34-,35-,36-,37-,38-,39-,40+,41-,42-,43-,44-,45+,47+,48+/m0/s1. The van der Waals surface area contributed by atoms with Crippen LogP contribution in [0.2, 0.25) is 0 Å². The molecule has 5 saturated heterocycles. The molecule has 0 unspecified atom stereocenters. The van der Waals surface area contributed by atoms with E-state index < -0.39 is 90.8 Å². The molecule has 0 radical (unpaired) electrons. The highest BCUT2D eigenvalue weighted by Crippen LogP contribution is 2.48. The first-order valence-corrected chi connectivity index (χ1v) is 23.2. The predicted octanol–water partition coefficient (Wildman–Crippen LogP) is 5.60. The van der Waals surface area contributed by atoms with Gasteiger partial charge in [0.15, 0.2) is 18.4 Å². The van der Waals surface area contributed by atoms with Crippen LogP contribution in [0, 0.1) is 23.7 Å². The molecule has 62 heavy (non-hydrogen) atoms. The minimum absolute atomic E-state index is 0.00708. The summed E-state index contributed by atoms with van der Waals surface area (Å²) >= 11 is 0. The third kappa shape index (κ3) is 9.73. The molecule has 7 rings (SSSR count). The average Bonchev–Trinajstić information content (AvgIpc) is 3.58. The summed E-state index contributed by atoms with van der Waals surface area (Å²) in [6.07, 6.45) is 6.53. The van der Waals surface area contributed by atoms with Gasteiger partial charge in [0.25, 0.3) is 0 Å². The van der Waals surface area contributed by atoms with E-state index in [1.807, 2.05) is 19.1 Å². The second-order valence-corrected chi connectivity index (χ2v) is 19.4. The SMILES string of the molecule is CC[C@H](C)[C@@H]1O[C@]2(CC[C@@H]1C)C[C@@H]1C[C@@H](C/C=C(\C)[C@@H](O[C@H]3C[C@H](OC)[C@@H](O[C@H]4C[C@H](OC)[C@@H](O)[C@H](C)O4)[C@H](C)O3)[C@@H](C)/C=C/C=C3\CO[C@@H]4[C@H](O)C(C)=C[C@@H](C(=O)O1)[C@]34O)O2. The molecule has 14 nitrogen and oxygen atoms in total. The van der Waals surface area contributed by atoms with Gasteiger partial charge in [0.2, 0.25) is 0 Å². The highest BCUT2D eigenvalue weighted by Gasteiger charge is 2.60. The first kappa shape index (κ1) is 47.9. The van der Waals surface area contributed by atoms with Gasteiger partial charge in [-0.05, 0) is 69.1 Å². The van der Waals surface area contributed by atoms with Gasteiger partial charge in [-0.15, -0.1) is 0 Å². The van der Waals surface area contributed by atoms with Crippen molar-refractivity contribution in [3.05, 3.63) is 47.1 Å². The molecule has 0 aromatic heterocycles. The molecule has 6 aliphatic heterocycles. The molecule has 14 heteroatoms. The number of carbonyl (C=O) groups is 1. The molecule has 20 atom stereocenters. The van der Waals surface area contributed by atoms with Crippen LogP contribution < -0.4 is 0 Å². The van der Waals surface area contributed by atoms with E-state index >= 15 is 0 Å². The number of hydrogen-bond donors (Lipinski definition) is 3. The Kier molecular flexibility index (Phi) is 15.3. The van der Waals surface area contributed by atoms with Crippen LogP contribution in [-0.2, 0) is 52.2 Å². The maximum absolute atomic E-state index is 14.4.